The Bertz CT molecular complexity index is 783. The maximum atomic E-state index is 12.3. The molecule has 0 amide bonds. The van der Waals surface area contributed by atoms with E-state index in [1.807, 2.05) is 6.92 Å². The minimum atomic E-state index is -0.269. The minimum Gasteiger partial charge on any atom is -0.461 e. The third-order valence-corrected chi connectivity index (χ3v) is 5.44. The Kier molecular flexibility index (Phi) is 4.90. The second-order valence-corrected chi connectivity index (χ2v) is 8.25. The van der Waals surface area contributed by atoms with Crippen LogP contribution < -0.4 is 0 Å². The van der Waals surface area contributed by atoms with Crippen LogP contribution in [0.25, 0.3) is 11.0 Å². The normalized spacial score (nSPS) is 17.6. The number of hydrogen-bond acceptors (Lipinski definition) is 3. The molecule has 2 aromatic heterocycles. The molecule has 4 heteroatoms. The molecule has 0 bridgehead atoms. The molecule has 2 heterocycles. The lowest BCUT2D eigenvalue weighted by Crippen LogP contribution is -2.27. The number of rotatable bonds is 4. The SMILES string of the molecule is CCCc1c(C(=O)OCC)[nH]c2cc3c(nc12)CCC(C(C)(C)C)C3. The third-order valence-electron chi connectivity index (χ3n) is 5.44. The van der Waals surface area contributed by atoms with Crippen LogP contribution in [-0.4, -0.2) is 22.5 Å². The van der Waals surface area contributed by atoms with Gasteiger partial charge in [-0.1, -0.05) is 34.1 Å². The van der Waals surface area contributed by atoms with Gasteiger partial charge < -0.3 is 9.72 Å². The van der Waals surface area contributed by atoms with Gasteiger partial charge in [0.25, 0.3) is 0 Å². The zero-order valence-electron chi connectivity index (χ0n) is 16.2. The van der Waals surface area contributed by atoms with Crippen molar-refractivity contribution in [2.45, 2.75) is 66.7 Å². The standard InChI is InChI=1S/C21H30N2O2/c1-6-8-15-18-17(23-19(15)20(24)25-7-2)12-13-11-14(21(3,4)5)9-10-16(13)22-18/h12,14,23H,6-11H2,1-5H3. The number of nitrogens with zero attached hydrogens (tertiary/aromatic N) is 1. The fraction of sp³-hybridized carbons (Fsp3) is 0.619. The van der Waals surface area contributed by atoms with Gasteiger partial charge in [0.05, 0.1) is 17.6 Å². The summed E-state index contributed by atoms with van der Waals surface area (Å²) in [6, 6.07) is 2.22. The molecule has 0 radical (unpaired) electrons. The van der Waals surface area contributed by atoms with Crippen molar-refractivity contribution in [2.24, 2.45) is 11.3 Å². The van der Waals surface area contributed by atoms with Gasteiger partial charge in [0.15, 0.2) is 0 Å². The molecule has 1 N–H and O–H groups in total. The molecule has 0 aromatic carbocycles. The zero-order valence-corrected chi connectivity index (χ0v) is 16.2. The highest BCUT2D eigenvalue weighted by Gasteiger charge is 2.30. The van der Waals surface area contributed by atoms with Gasteiger partial charge >= 0.3 is 5.97 Å². The van der Waals surface area contributed by atoms with Gasteiger partial charge in [-0.2, -0.15) is 0 Å². The molecule has 2 aromatic rings. The average Bonchev–Trinajstić information content (AvgIpc) is 2.90. The van der Waals surface area contributed by atoms with E-state index in [-0.39, 0.29) is 5.97 Å². The van der Waals surface area contributed by atoms with Crippen LogP contribution in [-0.2, 0) is 24.0 Å². The number of esters is 1. The largest absolute Gasteiger partial charge is 0.461 e. The van der Waals surface area contributed by atoms with Gasteiger partial charge in [-0.25, -0.2) is 4.79 Å². The highest BCUT2D eigenvalue weighted by Crippen LogP contribution is 2.38. The van der Waals surface area contributed by atoms with E-state index in [1.165, 1.54) is 17.7 Å². The van der Waals surface area contributed by atoms with E-state index in [9.17, 15) is 4.79 Å². The van der Waals surface area contributed by atoms with Crippen molar-refractivity contribution in [3.05, 3.63) is 28.6 Å². The highest BCUT2D eigenvalue weighted by atomic mass is 16.5. The molecule has 4 nitrogen and oxygen atoms in total. The smallest absolute Gasteiger partial charge is 0.355 e. The van der Waals surface area contributed by atoms with Crippen molar-refractivity contribution < 1.29 is 9.53 Å². The lowest BCUT2D eigenvalue weighted by Gasteiger charge is -2.34. The highest BCUT2D eigenvalue weighted by molar-refractivity contribution is 5.97. The van der Waals surface area contributed by atoms with Crippen LogP contribution in [0.5, 0.6) is 0 Å². The quantitative estimate of drug-likeness (QED) is 0.809. The number of hydrogen-bond donors (Lipinski definition) is 1. The van der Waals surface area contributed by atoms with E-state index in [0.29, 0.717) is 23.6 Å². The van der Waals surface area contributed by atoms with Gasteiger partial charge in [-0.3, -0.25) is 4.98 Å². The summed E-state index contributed by atoms with van der Waals surface area (Å²) in [6.45, 7) is 11.3. The summed E-state index contributed by atoms with van der Waals surface area (Å²) < 4.78 is 5.23. The maximum absolute atomic E-state index is 12.3. The van der Waals surface area contributed by atoms with Crippen LogP contribution in [0.3, 0.4) is 0 Å². The molecule has 1 aliphatic rings. The summed E-state index contributed by atoms with van der Waals surface area (Å²) in [5, 5.41) is 0. The summed E-state index contributed by atoms with van der Waals surface area (Å²) in [4.78, 5) is 20.6. The summed E-state index contributed by atoms with van der Waals surface area (Å²) in [7, 11) is 0. The number of nitrogens with one attached hydrogen (secondary N) is 1. The lowest BCUT2D eigenvalue weighted by molar-refractivity contribution is 0.0519. The second kappa shape index (κ2) is 6.81. The number of aryl methyl sites for hydroxylation is 2. The van der Waals surface area contributed by atoms with Gasteiger partial charge in [0.1, 0.15) is 5.69 Å². The molecular weight excluding hydrogens is 312 g/mol. The van der Waals surface area contributed by atoms with Gasteiger partial charge in [0, 0.05) is 11.3 Å². The number of fused-ring (bicyclic) bond motifs is 2. The second-order valence-electron chi connectivity index (χ2n) is 8.25. The average molecular weight is 342 g/mol. The van der Waals surface area contributed by atoms with Gasteiger partial charge in [-0.05, 0) is 55.6 Å². The predicted octanol–water partition coefficient (Wildman–Crippen LogP) is 4.84. The zero-order chi connectivity index (χ0) is 18.2. The van der Waals surface area contributed by atoms with Crippen LogP contribution in [0.4, 0.5) is 0 Å². The first kappa shape index (κ1) is 18.0. The molecule has 0 fully saturated rings. The molecule has 1 aliphatic carbocycles. The summed E-state index contributed by atoms with van der Waals surface area (Å²) >= 11 is 0. The number of pyridine rings is 1. The first-order valence-corrected chi connectivity index (χ1v) is 9.55. The first-order chi connectivity index (χ1) is 11.8. The molecule has 0 aliphatic heterocycles. The Hall–Kier alpha value is -1.84. The first-order valence-electron chi connectivity index (χ1n) is 9.55. The molecule has 0 spiro atoms. The Morgan fingerprint density at radius 2 is 2.12 bits per heavy atom. The fourth-order valence-corrected chi connectivity index (χ4v) is 3.93. The molecule has 0 saturated carbocycles. The number of aromatic nitrogens is 2. The van der Waals surface area contributed by atoms with Crippen molar-refractivity contribution in [2.75, 3.05) is 6.61 Å². The van der Waals surface area contributed by atoms with Crippen LogP contribution in [0.2, 0.25) is 0 Å². The van der Waals surface area contributed by atoms with E-state index < -0.39 is 0 Å². The number of carbonyl (C=O) groups is 1. The summed E-state index contributed by atoms with van der Waals surface area (Å²) in [5.74, 6) is 0.406. The van der Waals surface area contributed by atoms with Crippen molar-refractivity contribution in [1.29, 1.82) is 0 Å². The molecule has 3 rings (SSSR count). The van der Waals surface area contributed by atoms with Crippen LogP contribution in [0.15, 0.2) is 6.07 Å². The van der Waals surface area contributed by atoms with E-state index in [1.54, 1.807) is 0 Å². The Morgan fingerprint density at radius 1 is 1.36 bits per heavy atom. The molecule has 25 heavy (non-hydrogen) atoms. The maximum Gasteiger partial charge on any atom is 0.355 e. The third kappa shape index (κ3) is 3.44. The van der Waals surface area contributed by atoms with E-state index in [0.717, 1.165) is 42.3 Å². The van der Waals surface area contributed by atoms with Crippen molar-refractivity contribution in [3.8, 4) is 0 Å². The van der Waals surface area contributed by atoms with Crippen molar-refractivity contribution in [3.63, 3.8) is 0 Å². The predicted molar refractivity (Wildman–Crippen MR) is 101 cm³/mol. The summed E-state index contributed by atoms with van der Waals surface area (Å²) in [6.07, 6.45) is 5.10. The van der Waals surface area contributed by atoms with Crippen LogP contribution >= 0.6 is 0 Å². The Balaban J connectivity index is 2.06. The lowest BCUT2D eigenvalue weighted by atomic mass is 9.71. The van der Waals surface area contributed by atoms with Crippen LogP contribution in [0, 0.1) is 11.3 Å². The number of carbonyl (C=O) groups excluding carboxylic acids is 1. The molecular formula is C21H30N2O2. The van der Waals surface area contributed by atoms with E-state index in [2.05, 4.69) is 38.7 Å². The van der Waals surface area contributed by atoms with Crippen molar-refractivity contribution >= 4 is 17.0 Å². The number of aromatic amines is 1. The monoisotopic (exact) mass is 342 g/mol. The Labute approximate surface area is 150 Å². The van der Waals surface area contributed by atoms with E-state index in [4.69, 9.17) is 9.72 Å². The fourth-order valence-electron chi connectivity index (χ4n) is 3.93. The topological polar surface area (TPSA) is 55.0 Å². The van der Waals surface area contributed by atoms with Gasteiger partial charge in [0.2, 0.25) is 0 Å². The minimum absolute atomic E-state index is 0.269. The summed E-state index contributed by atoms with van der Waals surface area (Å²) in [5.41, 5.74) is 6.37. The molecule has 1 atom stereocenters. The van der Waals surface area contributed by atoms with Crippen LogP contribution in [0.1, 0.15) is 74.8 Å². The number of ether oxygens (including phenoxy) is 1. The van der Waals surface area contributed by atoms with E-state index >= 15 is 0 Å². The molecule has 1 unspecified atom stereocenters. The molecule has 0 saturated heterocycles. The Morgan fingerprint density at radius 3 is 2.76 bits per heavy atom. The number of H-pyrrole nitrogens is 1. The van der Waals surface area contributed by atoms with Gasteiger partial charge in [-0.15, -0.1) is 0 Å². The molecule has 136 valence electrons. The van der Waals surface area contributed by atoms with Crippen molar-refractivity contribution in [1.82, 2.24) is 9.97 Å².